The Balaban J connectivity index is 1.40. The van der Waals surface area contributed by atoms with Crippen LogP contribution in [-0.2, 0) is 13.4 Å². The predicted octanol–water partition coefficient (Wildman–Crippen LogP) is 10.2. The van der Waals surface area contributed by atoms with Crippen LogP contribution in [0.4, 0.5) is 0 Å². The van der Waals surface area contributed by atoms with Crippen LogP contribution >= 0.6 is 7.14 Å². The molecule has 2 atom stereocenters. The summed E-state index contributed by atoms with van der Waals surface area (Å²) in [6.07, 6.45) is 3.33. The number of allylic oxidation sites excluding steroid dienone is 1. The first-order valence-electron chi connectivity index (χ1n) is 21.0. The van der Waals surface area contributed by atoms with E-state index in [1.807, 2.05) is 60.7 Å². The van der Waals surface area contributed by atoms with E-state index in [-0.39, 0.29) is 22.3 Å². The Morgan fingerprint density at radius 2 is 0.864 bits per heavy atom. The van der Waals surface area contributed by atoms with Crippen LogP contribution in [0.2, 0.25) is 10.1 Å². The average molecular weight is 831 g/mol. The van der Waals surface area contributed by atoms with Crippen molar-refractivity contribution in [3.8, 4) is 0 Å². The van der Waals surface area contributed by atoms with Crippen LogP contribution in [0.15, 0.2) is 206 Å². The Morgan fingerprint density at radius 3 is 1.20 bits per heavy atom. The maximum atomic E-state index is 15.5. The van der Waals surface area contributed by atoms with Crippen LogP contribution in [0.1, 0.15) is 54.4 Å². The highest BCUT2D eigenvalue weighted by atomic mass is 31.2. The molecule has 1 aliphatic carbocycles. The van der Waals surface area contributed by atoms with E-state index >= 15 is 4.57 Å². The molecule has 0 saturated heterocycles. The first-order chi connectivity index (χ1) is 28.3. The van der Waals surface area contributed by atoms with E-state index < -0.39 is 23.8 Å². The lowest BCUT2D eigenvalue weighted by Gasteiger charge is -2.49. The lowest BCUT2D eigenvalue weighted by atomic mass is 9.86. The van der Waals surface area contributed by atoms with Gasteiger partial charge in [-0.1, -0.05) is 236 Å². The molecule has 6 aromatic rings. The van der Waals surface area contributed by atoms with Gasteiger partial charge in [0.1, 0.15) is 7.14 Å². The molecule has 0 heterocycles. The number of rotatable bonds is 12. The summed E-state index contributed by atoms with van der Waals surface area (Å²) in [5.74, 6) is 0. The summed E-state index contributed by atoms with van der Waals surface area (Å²) in [4.78, 5) is 0. The molecule has 59 heavy (non-hydrogen) atoms. The molecule has 6 heteroatoms. The Kier molecular flexibility index (Phi) is 12.6. The van der Waals surface area contributed by atoms with Crippen LogP contribution in [-0.4, -0.2) is 35.0 Å². The van der Waals surface area contributed by atoms with Crippen molar-refractivity contribution < 1.29 is 13.4 Å². The average Bonchev–Trinajstić information content (AvgIpc) is 3.26. The van der Waals surface area contributed by atoms with Crippen molar-refractivity contribution in [2.45, 2.75) is 76.7 Å². The summed E-state index contributed by atoms with van der Waals surface area (Å²) in [5, 5.41) is 6.20. The number of hydrogen-bond acceptors (Lipinski definition) is 3. The van der Waals surface area contributed by atoms with Crippen LogP contribution in [0.5, 0.6) is 0 Å². The lowest BCUT2D eigenvalue weighted by Crippen LogP contribution is -2.69. The van der Waals surface area contributed by atoms with E-state index in [0.29, 0.717) is 19.0 Å². The molecule has 1 saturated carbocycles. The van der Waals surface area contributed by atoms with E-state index in [0.717, 1.165) is 21.8 Å². The Morgan fingerprint density at radius 1 is 0.542 bits per heavy atom. The third-order valence-corrected chi connectivity index (χ3v) is 25.3. The fraction of sp³-hybridized carbons (Fsp3) is 0.245. The maximum Gasteiger partial charge on any atom is 0.261 e. The fourth-order valence-electron chi connectivity index (χ4n) is 9.25. The molecule has 7 rings (SSSR count). The molecule has 1 fully saturated rings. The molecule has 6 aromatic carbocycles. The van der Waals surface area contributed by atoms with Gasteiger partial charge < -0.3 is 13.4 Å². The largest absolute Gasteiger partial charge is 0.404 e. The first-order valence-corrected chi connectivity index (χ1v) is 26.7. The van der Waals surface area contributed by atoms with Gasteiger partial charge >= 0.3 is 0 Å². The van der Waals surface area contributed by atoms with Crippen molar-refractivity contribution in [3.63, 3.8) is 0 Å². The normalized spacial score (nSPS) is 17.5. The molecular weight excluding hydrogens is 772 g/mol. The third kappa shape index (κ3) is 8.42. The molecule has 302 valence electrons. The zero-order chi connectivity index (χ0) is 41.7. The smallest absolute Gasteiger partial charge is 0.261 e. The molecule has 3 nitrogen and oxygen atoms in total. The first kappa shape index (κ1) is 42.5. The quantitative estimate of drug-likeness (QED) is 0.0911. The SMILES string of the molecule is C=C1/C(=C\CP(=O)(c2ccccc2)c2ccccc2)C[C@@H](O[Si](c2ccccc2)(c2ccccc2)C(C)(C)C)C[C@H]1O[Si](c1ccccc1)(c1ccccc1)C(C)(C)C. The number of hydrogen-bond donors (Lipinski definition) is 0. The Bertz CT molecular complexity index is 2250. The summed E-state index contributed by atoms with van der Waals surface area (Å²) in [5.41, 5.74) is 2.02. The monoisotopic (exact) mass is 830 g/mol. The van der Waals surface area contributed by atoms with Gasteiger partial charge in [0.05, 0.1) is 12.2 Å². The molecular formula is C53H59O3PSi2. The van der Waals surface area contributed by atoms with Crippen LogP contribution in [0.3, 0.4) is 0 Å². The standard InChI is InChI=1S/C53H59O3PSi2/c1-42-43(38-39-57(54,45-26-14-8-15-27-45)46-28-16-9-17-29-46)40-44(55-58(52(2,3)4,47-30-18-10-19-31-47)48-32-20-11-21-33-48)41-51(42)56-59(53(5,6)7,49-34-22-12-23-35-49)50-36-24-13-25-37-50/h8-38,44,51H,1,39-41H2,2-7H3/b43-38-/t44-,51-/m1/s1. The molecule has 1 aliphatic rings. The zero-order valence-corrected chi connectivity index (χ0v) is 38.4. The van der Waals surface area contributed by atoms with Gasteiger partial charge in [0.15, 0.2) is 0 Å². The summed E-state index contributed by atoms with van der Waals surface area (Å²) in [6, 6.07) is 63.4. The second-order valence-electron chi connectivity index (χ2n) is 18.0. The second kappa shape index (κ2) is 17.5. The molecule has 0 radical (unpaired) electrons. The molecule has 0 aliphatic heterocycles. The van der Waals surface area contributed by atoms with Crippen molar-refractivity contribution in [2.24, 2.45) is 0 Å². The van der Waals surface area contributed by atoms with Crippen molar-refractivity contribution in [2.75, 3.05) is 6.16 Å². The third-order valence-electron chi connectivity index (χ3n) is 12.2. The highest BCUT2D eigenvalue weighted by Gasteiger charge is 2.55. The maximum absolute atomic E-state index is 15.5. The highest BCUT2D eigenvalue weighted by molar-refractivity contribution is 7.78. The van der Waals surface area contributed by atoms with E-state index in [1.165, 1.54) is 20.7 Å². The summed E-state index contributed by atoms with van der Waals surface area (Å²) in [7, 11) is -9.04. The van der Waals surface area contributed by atoms with Gasteiger partial charge in [-0.25, -0.2) is 0 Å². The van der Waals surface area contributed by atoms with Crippen LogP contribution in [0, 0.1) is 0 Å². The second-order valence-corrected chi connectivity index (χ2v) is 29.3. The molecule has 0 N–H and O–H groups in total. The molecule has 0 unspecified atom stereocenters. The van der Waals surface area contributed by atoms with Crippen molar-refractivity contribution >= 4 is 55.1 Å². The molecule has 0 aromatic heterocycles. The summed E-state index contributed by atoms with van der Waals surface area (Å²) < 4.78 is 31.4. The van der Waals surface area contributed by atoms with Gasteiger partial charge in [0.2, 0.25) is 0 Å². The fourth-order valence-corrected chi connectivity index (χ4v) is 21.1. The lowest BCUT2D eigenvalue weighted by molar-refractivity contribution is 0.102. The van der Waals surface area contributed by atoms with Gasteiger partial charge in [-0.05, 0) is 48.4 Å². The van der Waals surface area contributed by atoms with Gasteiger partial charge in [-0.3, -0.25) is 0 Å². The highest BCUT2D eigenvalue weighted by Crippen LogP contribution is 2.47. The van der Waals surface area contributed by atoms with Gasteiger partial charge in [0, 0.05) is 23.2 Å². The van der Waals surface area contributed by atoms with Crippen molar-refractivity contribution in [1.82, 2.24) is 0 Å². The van der Waals surface area contributed by atoms with E-state index in [2.05, 4.69) is 169 Å². The number of benzene rings is 6. The minimum Gasteiger partial charge on any atom is -0.404 e. The Labute approximate surface area is 355 Å². The van der Waals surface area contributed by atoms with Crippen molar-refractivity contribution in [3.05, 3.63) is 206 Å². The van der Waals surface area contributed by atoms with Gasteiger partial charge in [-0.2, -0.15) is 0 Å². The van der Waals surface area contributed by atoms with E-state index in [9.17, 15) is 0 Å². The van der Waals surface area contributed by atoms with E-state index in [4.69, 9.17) is 15.4 Å². The Hall–Kier alpha value is -4.62. The molecule has 0 spiro atoms. The molecule has 0 amide bonds. The van der Waals surface area contributed by atoms with E-state index in [1.54, 1.807) is 0 Å². The topological polar surface area (TPSA) is 35.5 Å². The zero-order valence-electron chi connectivity index (χ0n) is 35.6. The van der Waals surface area contributed by atoms with Crippen LogP contribution < -0.4 is 31.4 Å². The predicted molar refractivity (Wildman–Crippen MR) is 256 cm³/mol. The summed E-state index contributed by atoms with van der Waals surface area (Å²) in [6.45, 7) is 18.9. The van der Waals surface area contributed by atoms with Gasteiger partial charge in [0.25, 0.3) is 16.6 Å². The van der Waals surface area contributed by atoms with Crippen LogP contribution in [0.25, 0.3) is 0 Å². The van der Waals surface area contributed by atoms with Crippen molar-refractivity contribution in [1.29, 1.82) is 0 Å². The van der Waals surface area contributed by atoms with Gasteiger partial charge in [-0.15, -0.1) is 0 Å². The minimum atomic E-state index is -3.06. The molecule has 0 bridgehead atoms. The summed E-state index contributed by atoms with van der Waals surface area (Å²) >= 11 is 0. The minimum absolute atomic E-state index is 0.200.